The number of hydrogen-bond acceptors (Lipinski definition) is 0. The molecule has 0 saturated heterocycles. The molecule has 12 heavy (non-hydrogen) atoms. The van der Waals surface area contributed by atoms with Crippen molar-refractivity contribution in [3.63, 3.8) is 0 Å². The van der Waals surface area contributed by atoms with Crippen molar-refractivity contribution >= 4 is 0 Å². The molecule has 0 heterocycles. The predicted octanol–water partition coefficient (Wildman–Crippen LogP) is 5.16. The summed E-state index contributed by atoms with van der Waals surface area (Å²) in [7, 11) is 0. The first-order chi connectivity index (χ1) is 3.83. The van der Waals surface area contributed by atoms with Gasteiger partial charge in [-0.2, -0.15) is 0 Å². The van der Waals surface area contributed by atoms with Crippen LogP contribution in [0.15, 0.2) is 12.2 Å². The molecule has 0 heteroatoms. The molecule has 0 aliphatic carbocycles. The van der Waals surface area contributed by atoms with Crippen LogP contribution in [0, 0.1) is 11.8 Å². The highest BCUT2D eigenvalue weighted by atomic mass is 13.4. The van der Waals surface area contributed by atoms with Crippen LogP contribution in [0.5, 0.6) is 0 Å². The molecule has 0 aromatic carbocycles. The summed E-state index contributed by atoms with van der Waals surface area (Å²) in [6.07, 6.45) is 4.00. The Hall–Kier alpha value is -0.700. The van der Waals surface area contributed by atoms with Crippen molar-refractivity contribution in [3.05, 3.63) is 12.2 Å². The van der Waals surface area contributed by atoms with Gasteiger partial charge >= 0.3 is 0 Å². The van der Waals surface area contributed by atoms with E-state index in [4.69, 9.17) is 0 Å². The van der Waals surface area contributed by atoms with Crippen LogP contribution in [-0.4, -0.2) is 0 Å². The average Bonchev–Trinajstić information content (AvgIpc) is 1.88. The van der Waals surface area contributed by atoms with E-state index >= 15 is 0 Å². The summed E-state index contributed by atoms with van der Waals surface area (Å²) in [5.41, 5.74) is 0. The lowest BCUT2D eigenvalue weighted by Crippen LogP contribution is -1.28. The zero-order chi connectivity index (χ0) is 6.83. The molecule has 0 bridgehead atoms. The molecule has 0 saturated carbocycles. The van der Waals surface area contributed by atoms with Crippen LogP contribution < -0.4 is 0 Å². The molecule has 0 amide bonds. The van der Waals surface area contributed by atoms with Gasteiger partial charge in [-0.25, -0.2) is 0 Å². The van der Waals surface area contributed by atoms with Gasteiger partial charge in [-0.1, -0.05) is 41.9 Å². The molecule has 0 rings (SSSR count). The van der Waals surface area contributed by atoms with Gasteiger partial charge in [0.1, 0.15) is 0 Å². The molecule has 0 aliphatic heterocycles. The maximum absolute atomic E-state index is 2.68. The van der Waals surface area contributed by atoms with Crippen LogP contribution in [0.1, 0.15) is 57.4 Å². The van der Waals surface area contributed by atoms with Crippen LogP contribution in [-0.2, 0) is 0 Å². The molecule has 0 aromatic heterocycles. The molecular weight excluding hydrogens is 144 g/mol. The third-order valence-corrected chi connectivity index (χ3v) is 0.583. The van der Waals surface area contributed by atoms with Gasteiger partial charge in [-0.05, 0) is 27.7 Å². The van der Waals surface area contributed by atoms with E-state index in [9.17, 15) is 0 Å². The quantitative estimate of drug-likeness (QED) is 0.351. The van der Waals surface area contributed by atoms with Crippen molar-refractivity contribution in [3.8, 4) is 11.8 Å². The lowest BCUT2D eigenvalue weighted by molar-refractivity contribution is 1.64. The van der Waals surface area contributed by atoms with E-state index in [2.05, 4.69) is 11.8 Å². The summed E-state index contributed by atoms with van der Waals surface area (Å²) in [4.78, 5) is 0. The molecule has 0 spiro atoms. The van der Waals surface area contributed by atoms with Gasteiger partial charge in [0.25, 0.3) is 0 Å². The monoisotopic (exact) mass is 174 g/mol. The van der Waals surface area contributed by atoms with Gasteiger partial charge in [-0.15, -0.1) is 11.8 Å². The van der Waals surface area contributed by atoms with Crippen molar-refractivity contribution in [1.29, 1.82) is 0 Å². The molecule has 0 aliphatic rings. The third-order valence-electron chi connectivity index (χ3n) is 0.583. The Morgan fingerprint density at radius 3 is 0.833 bits per heavy atom. The Bertz CT molecular complexity index is 78.3. The van der Waals surface area contributed by atoms with E-state index in [0.29, 0.717) is 0 Å². The fourth-order valence-electron chi connectivity index (χ4n) is 0. The largest absolute Gasteiger partial charge is 0.107 e. The van der Waals surface area contributed by atoms with E-state index in [1.54, 1.807) is 0 Å². The van der Waals surface area contributed by atoms with Crippen LogP contribution in [0.4, 0.5) is 0 Å². The van der Waals surface area contributed by atoms with Gasteiger partial charge in [0, 0.05) is 0 Å². The number of hydrogen-bond donors (Lipinski definition) is 0. The Morgan fingerprint density at radius 2 is 0.833 bits per heavy atom. The van der Waals surface area contributed by atoms with E-state index < -0.39 is 0 Å². The van der Waals surface area contributed by atoms with Crippen molar-refractivity contribution in [2.24, 2.45) is 0 Å². The second-order valence-corrected chi connectivity index (χ2v) is 1.17. The molecule has 0 nitrogen and oxygen atoms in total. The van der Waals surface area contributed by atoms with E-state index in [1.165, 1.54) is 0 Å². The maximum Gasteiger partial charge on any atom is -0.00271 e. The normalized spacial score (nSPS) is 4.33. The molecule has 0 radical (unpaired) electrons. The van der Waals surface area contributed by atoms with Crippen molar-refractivity contribution in [2.45, 2.75) is 57.4 Å². The minimum atomic E-state index is 0. The van der Waals surface area contributed by atoms with Gasteiger partial charge < -0.3 is 0 Å². The maximum atomic E-state index is 2.68. The average molecular weight is 174 g/mol. The fraction of sp³-hybridized carbons (Fsp3) is 0.667. The summed E-state index contributed by atoms with van der Waals surface area (Å²) in [5.74, 6) is 5.36. The van der Waals surface area contributed by atoms with Gasteiger partial charge in [0.15, 0.2) is 0 Å². The summed E-state index contributed by atoms with van der Waals surface area (Å²) >= 11 is 0. The lowest BCUT2D eigenvalue weighted by Gasteiger charge is -1.49. The number of allylic oxidation sites excluding steroid dienone is 2. The SMILES string of the molecule is C.C.C.C.CC#CC.CC=CC. The van der Waals surface area contributed by atoms with Crippen LogP contribution in [0.25, 0.3) is 0 Å². The smallest absolute Gasteiger partial charge is 0.00271 e. The summed E-state index contributed by atoms with van der Waals surface area (Å²) in [6, 6.07) is 0. The zero-order valence-corrected chi connectivity index (χ0v) is 6.15. The van der Waals surface area contributed by atoms with E-state index in [0.717, 1.165) is 0 Å². The van der Waals surface area contributed by atoms with Gasteiger partial charge in [0.2, 0.25) is 0 Å². The molecule has 0 fully saturated rings. The summed E-state index contributed by atoms with van der Waals surface area (Å²) < 4.78 is 0. The molecule has 0 unspecified atom stereocenters. The zero-order valence-electron chi connectivity index (χ0n) is 6.15. The highest BCUT2D eigenvalue weighted by molar-refractivity contribution is 4.89. The minimum absolute atomic E-state index is 0. The number of rotatable bonds is 0. The summed E-state index contributed by atoms with van der Waals surface area (Å²) in [5, 5.41) is 0. The molecule has 0 atom stereocenters. The Kier molecular flexibility index (Phi) is 291. The third kappa shape index (κ3) is 379. The second-order valence-electron chi connectivity index (χ2n) is 1.17. The minimum Gasteiger partial charge on any atom is -0.107 e. The Morgan fingerprint density at radius 1 is 0.667 bits per heavy atom. The fourth-order valence-corrected chi connectivity index (χ4v) is 0. The van der Waals surface area contributed by atoms with Crippen molar-refractivity contribution < 1.29 is 0 Å². The standard InChI is InChI=1S/C4H8.C4H6.4CH4/c2*1-3-4-2;;;;/h3-4H,1-2H3;1-2H3;4*1H4. The topological polar surface area (TPSA) is 0 Å². The Balaban J connectivity index is -0.0000000112. The first kappa shape index (κ1) is 42.7. The second kappa shape index (κ2) is 81.8. The Labute approximate surface area is 82.1 Å². The first-order valence-electron chi connectivity index (χ1n) is 2.74. The van der Waals surface area contributed by atoms with E-state index in [-0.39, 0.29) is 29.7 Å². The summed E-state index contributed by atoms with van der Waals surface area (Å²) in [6.45, 7) is 7.64. The van der Waals surface area contributed by atoms with Crippen molar-refractivity contribution in [2.75, 3.05) is 0 Å². The molecule has 78 valence electrons. The molecule has 0 N–H and O–H groups in total. The van der Waals surface area contributed by atoms with Gasteiger partial charge in [-0.3, -0.25) is 0 Å². The highest BCUT2D eigenvalue weighted by Gasteiger charge is 1.34. The first-order valence-corrected chi connectivity index (χ1v) is 2.74. The van der Waals surface area contributed by atoms with Gasteiger partial charge in [0.05, 0.1) is 0 Å². The van der Waals surface area contributed by atoms with Crippen LogP contribution in [0.3, 0.4) is 0 Å². The van der Waals surface area contributed by atoms with E-state index in [1.807, 2.05) is 39.8 Å². The lowest BCUT2D eigenvalue weighted by atomic mass is 10.6. The predicted molar refractivity (Wildman–Crippen MR) is 66.5 cm³/mol. The van der Waals surface area contributed by atoms with Crippen LogP contribution >= 0.6 is 0 Å². The van der Waals surface area contributed by atoms with Crippen LogP contribution in [0.2, 0.25) is 0 Å². The molecular formula is C12H30. The van der Waals surface area contributed by atoms with Crippen molar-refractivity contribution in [1.82, 2.24) is 0 Å². The molecule has 0 aromatic rings. The highest BCUT2D eigenvalue weighted by Crippen LogP contribution is 1.57.